The molecule has 2 aromatic carbocycles. The molecule has 0 bridgehead atoms. The summed E-state index contributed by atoms with van der Waals surface area (Å²) in [6.45, 7) is 3.15. The Morgan fingerprint density at radius 3 is 2.58 bits per heavy atom. The average molecular weight is 467 g/mol. The van der Waals surface area contributed by atoms with Crippen LogP contribution >= 0.6 is 11.6 Å². The molecule has 33 heavy (non-hydrogen) atoms. The van der Waals surface area contributed by atoms with Gasteiger partial charge in [0.1, 0.15) is 24.3 Å². The van der Waals surface area contributed by atoms with Crippen molar-refractivity contribution in [3.63, 3.8) is 0 Å². The number of aromatic nitrogens is 2. The van der Waals surface area contributed by atoms with Gasteiger partial charge in [0.15, 0.2) is 11.6 Å². The van der Waals surface area contributed by atoms with Gasteiger partial charge in [-0.25, -0.2) is 9.78 Å². The lowest BCUT2D eigenvalue weighted by Crippen LogP contribution is -2.46. The Morgan fingerprint density at radius 1 is 1.24 bits per heavy atom. The monoisotopic (exact) mass is 466 g/mol. The van der Waals surface area contributed by atoms with Gasteiger partial charge in [-0.05, 0) is 42.3 Å². The molecule has 0 fully saturated rings. The number of ether oxygens (including phenoxy) is 1. The van der Waals surface area contributed by atoms with Gasteiger partial charge in [0.2, 0.25) is 0 Å². The molecule has 0 spiro atoms. The molecule has 0 aliphatic heterocycles. The van der Waals surface area contributed by atoms with Crippen LogP contribution in [0.1, 0.15) is 36.5 Å². The van der Waals surface area contributed by atoms with Crippen molar-refractivity contribution >= 4 is 40.1 Å². The fourth-order valence-electron chi connectivity index (χ4n) is 3.12. The van der Waals surface area contributed by atoms with Gasteiger partial charge in [0, 0.05) is 10.6 Å². The fourth-order valence-corrected chi connectivity index (χ4v) is 3.25. The summed E-state index contributed by atoms with van der Waals surface area (Å²) in [5.74, 6) is -1.68. The number of hydrogen-bond donors (Lipinski definition) is 3. The zero-order valence-corrected chi connectivity index (χ0v) is 18.9. The number of aliphatic hydroxyl groups excluding tert-OH is 1. The van der Waals surface area contributed by atoms with E-state index >= 15 is 0 Å². The van der Waals surface area contributed by atoms with E-state index in [1.807, 2.05) is 19.1 Å². The van der Waals surface area contributed by atoms with Crippen molar-refractivity contribution in [1.29, 1.82) is 5.26 Å². The van der Waals surface area contributed by atoms with Crippen LogP contribution in [0.5, 0.6) is 0 Å². The topological polar surface area (TPSA) is 128 Å². The van der Waals surface area contributed by atoms with Crippen LogP contribution in [0, 0.1) is 17.2 Å². The van der Waals surface area contributed by atoms with Crippen molar-refractivity contribution in [3.8, 4) is 6.07 Å². The van der Waals surface area contributed by atoms with E-state index in [2.05, 4.69) is 15.3 Å². The van der Waals surface area contributed by atoms with Crippen LogP contribution < -0.4 is 5.32 Å². The first kappa shape index (κ1) is 23.8. The molecule has 1 amide bonds. The van der Waals surface area contributed by atoms with Crippen LogP contribution in [0.25, 0.3) is 16.6 Å². The number of fused-ring (bicyclic) bond motifs is 1. The molecule has 1 heterocycles. The number of carbonyl (C=O) groups excluding carboxylic acids is 2. The highest BCUT2D eigenvalue weighted by Crippen LogP contribution is 2.19. The smallest absolute Gasteiger partial charge is 0.329 e. The predicted molar refractivity (Wildman–Crippen MR) is 124 cm³/mol. The van der Waals surface area contributed by atoms with Gasteiger partial charge >= 0.3 is 5.97 Å². The van der Waals surface area contributed by atoms with Gasteiger partial charge in [-0.3, -0.25) is 4.79 Å². The van der Waals surface area contributed by atoms with E-state index in [4.69, 9.17) is 16.3 Å². The SMILES string of the molecule is CC[C@@H](C)[C@@H](NC(=O)c1ccc(Cl)cc1)C(=O)OC/C(O)=C(\C#N)c1nc2ccccc2[nH]1. The number of amides is 1. The van der Waals surface area contributed by atoms with Crippen molar-refractivity contribution in [1.82, 2.24) is 15.3 Å². The van der Waals surface area contributed by atoms with E-state index in [9.17, 15) is 20.0 Å². The number of nitrogens with one attached hydrogen (secondary N) is 2. The van der Waals surface area contributed by atoms with E-state index < -0.39 is 30.3 Å². The molecule has 0 saturated heterocycles. The second kappa shape index (κ2) is 10.7. The molecule has 3 rings (SSSR count). The molecule has 0 radical (unpaired) electrons. The summed E-state index contributed by atoms with van der Waals surface area (Å²) in [6, 6.07) is 14.4. The number of aliphatic hydroxyl groups is 1. The van der Waals surface area contributed by atoms with Crippen molar-refractivity contribution in [2.24, 2.45) is 5.92 Å². The Labute approximate surface area is 195 Å². The summed E-state index contributed by atoms with van der Waals surface area (Å²) in [5, 5.41) is 23.1. The largest absolute Gasteiger partial charge is 0.507 e. The number of para-hydroxylation sites is 2. The number of benzene rings is 2. The molecule has 8 nitrogen and oxygen atoms in total. The third kappa shape index (κ3) is 5.70. The number of carbonyl (C=O) groups is 2. The standard InChI is InChI=1S/C24H23ClN4O4/c1-3-14(2)21(29-23(31)15-8-10-16(25)11-9-15)24(32)33-13-20(30)17(12-26)22-27-18-6-4-5-7-19(18)28-22/h4-11,14,21,30H,3,13H2,1-2H3,(H,27,28)(H,29,31)/b20-17-/t14-,21-/m1/s1. The number of esters is 1. The van der Waals surface area contributed by atoms with E-state index in [0.29, 0.717) is 28.0 Å². The normalized spacial score (nSPS) is 13.5. The number of nitrogens with zero attached hydrogens (tertiary/aromatic N) is 2. The second-order valence-corrected chi connectivity index (χ2v) is 7.92. The molecule has 1 aromatic heterocycles. The van der Waals surface area contributed by atoms with Crippen LogP contribution in [-0.4, -0.2) is 39.6 Å². The van der Waals surface area contributed by atoms with Crippen LogP contribution in [0.4, 0.5) is 0 Å². The summed E-state index contributed by atoms with van der Waals surface area (Å²) >= 11 is 5.86. The number of nitriles is 1. The van der Waals surface area contributed by atoms with Crippen LogP contribution in [0.2, 0.25) is 5.02 Å². The molecular formula is C24H23ClN4O4. The predicted octanol–water partition coefficient (Wildman–Crippen LogP) is 4.40. The zero-order chi connectivity index (χ0) is 24.0. The maximum absolute atomic E-state index is 12.8. The third-order valence-corrected chi connectivity index (χ3v) is 5.49. The summed E-state index contributed by atoms with van der Waals surface area (Å²) in [4.78, 5) is 32.6. The first-order valence-corrected chi connectivity index (χ1v) is 10.7. The van der Waals surface area contributed by atoms with Crippen LogP contribution in [-0.2, 0) is 9.53 Å². The first-order valence-electron chi connectivity index (χ1n) is 10.3. The third-order valence-electron chi connectivity index (χ3n) is 5.24. The highest BCUT2D eigenvalue weighted by molar-refractivity contribution is 6.30. The Balaban J connectivity index is 1.73. The molecule has 2 atom stereocenters. The van der Waals surface area contributed by atoms with Gasteiger partial charge in [-0.2, -0.15) is 5.26 Å². The number of rotatable bonds is 8. The van der Waals surface area contributed by atoms with Gasteiger partial charge < -0.3 is 20.1 Å². The fraction of sp³-hybridized carbons (Fsp3) is 0.250. The van der Waals surface area contributed by atoms with Crippen molar-refractivity contribution in [3.05, 3.63) is 70.7 Å². The minimum Gasteiger partial charge on any atom is -0.507 e. The lowest BCUT2D eigenvalue weighted by molar-refractivity contribution is -0.147. The Bertz CT molecular complexity index is 1190. The van der Waals surface area contributed by atoms with Crippen molar-refractivity contribution < 1.29 is 19.4 Å². The maximum atomic E-state index is 12.8. The molecule has 0 saturated carbocycles. The summed E-state index contributed by atoms with van der Waals surface area (Å²) in [6.07, 6.45) is 0.602. The van der Waals surface area contributed by atoms with E-state index in [1.54, 1.807) is 49.4 Å². The Kier molecular flexibility index (Phi) is 7.70. The molecular weight excluding hydrogens is 444 g/mol. The minimum atomic E-state index is -0.942. The van der Waals surface area contributed by atoms with Crippen molar-refractivity contribution in [2.75, 3.05) is 6.61 Å². The highest BCUT2D eigenvalue weighted by atomic mass is 35.5. The summed E-state index contributed by atoms with van der Waals surface area (Å²) in [5.41, 5.74) is 1.54. The van der Waals surface area contributed by atoms with E-state index in [1.165, 1.54) is 0 Å². The van der Waals surface area contributed by atoms with Gasteiger partial charge in [-0.15, -0.1) is 0 Å². The average Bonchev–Trinajstić information content (AvgIpc) is 3.25. The molecule has 0 aliphatic carbocycles. The van der Waals surface area contributed by atoms with E-state index in [0.717, 1.165) is 0 Å². The molecule has 3 N–H and O–H groups in total. The lowest BCUT2D eigenvalue weighted by atomic mass is 9.98. The van der Waals surface area contributed by atoms with Crippen LogP contribution in [0.3, 0.4) is 0 Å². The number of hydrogen-bond acceptors (Lipinski definition) is 6. The Morgan fingerprint density at radius 2 is 1.94 bits per heavy atom. The van der Waals surface area contributed by atoms with Crippen LogP contribution in [0.15, 0.2) is 54.3 Å². The number of aromatic amines is 1. The highest BCUT2D eigenvalue weighted by Gasteiger charge is 2.28. The number of halogens is 1. The molecule has 3 aromatic rings. The van der Waals surface area contributed by atoms with Gasteiger partial charge in [-0.1, -0.05) is 44.0 Å². The molecule has 0 unspecified atom stereocenters. The summed E-state index contributed by atoms with van der Waals surface area (Å²) < 4.78 is 5.25. The number of allylic oxidation sites excluding steroid dienone is 1. The summed E-state index contributed by atoms with van der Waals surface area (Å²) in [7, 11) is 0. The van der Waals surface area contributed by atoms with Crippen molar-refractivity contribution in [2.45, 2.75) is 26.3 Å². The first-order chi connectivity index (χ1) is 15.8. The molecule has 0 aliphatic rings. The minimum absolute atomic E-state index is 0.135. The Hall–Kier alpha value is -3.83. The number of H-pyrrole nitrogens is 1. The molecule has 170 valence electrons. The number of imidazole rings is 1. The van der Waals surface area contributed by atoms with Gasteiger partial charge in [0.25, 0.3) is 5.91 Å². The zero-order valence-electron chi connectivity index (χ0n) is 18.1. The lowest BCUT2D eigenvalue weighted by Gasteiger charge is -2.22. The second-order valence-electron chi connectivity index (χ2n) is 7.49. The van der Waals surface area contributed by atoms with E-state index in [-0.39, 0.29) is 17.3 Å². The van der Waals surface area contributed by atoms with Gasteiger partial charge in [0.05, 0.1) is 11.0 Å². The quantitative estimate of drug-likeness (QED) is 0.256. The maximum Gasteiger partial charge on any atom is 0.329 e. The molecule has 9 heteroatoms.